The van der Waals surface area contributed by atoms with E-state index in [2.05, 4.69) is 0 Å². The fourth-order valence-electron chi connectivity index (χ4n) is 2.52. The third-order valence-electron chi connectivity index (χ3n) is 3.97. The number of carbonyl (C=O) groups is 1. The number of likely N-dealkylation sites (N-methyl/N-ethyl adjacent to an activating group) is 1. The summed E-state index contributed by atoms with van der Waals surface area (Å²) in [5.41, 5.74) is 1.42. The number of rotatable bonds is 9. The van der Waals surface area contributed by atoms with E-state index in [1.165, 1.54) is 4.90 Å². The highest BCUT2D eigenvalue weighted by atomic mass is 32.2. The minimum atomic E-state index is -3.60. The number of anilines is 1. The number of benzene rings is 2. The molecule has 0 radical (unpaired) electrons. The van der Waals surface area contributed by atoms with Gasteiger partial charge in [0.2, 0.25) is 15.9 Å². The van der Waals surface area contributed by atoms with Crippen molar-refractivity contribution in [1.29, 1.82) is 0 Å². The van der Waals surface area contributed by atoms with Crippen molar-refractivity contribution in [3.8, 4) is 5.75 Å². The summed E-state index contributed by atoms with van der Waals surface area (Å²) >= 11 is 0. The molecule has 2 aromatic carbocycles. The molecule has 2 aromatic rings. The molecule has 0 heterocycles. The lowest BCUT2D eigenvalue weighted by atomic mass is 10.2. The van der Waals surface area contributed by atoms with Gasteiger partial charge < -0.3 is 9.64 Å². The monoisotopic (exact) mass is 390 g/mol. The molecule has 6 nitrogen and oxygen atoms in total. The average molecular weight is 391 g/mol. The van der Waals surface area contributed by atoms with Gasteiger partial charge in [0, 0.05) is 13.6 Å². The van der Waals surface area contributed by atoms with Crippen molar-refractivity contribution in [2.24, 2.45) is 0 Å². The van der Waals surface area contributed by atoms with Gasteiger partial charge in [0.1, 0.15) is 12.3 Å². The molecule has 2 rings (SSSR count). The zero-order valence-electron chi connectivity index (χ0n) is 16.0. The molecule has 0 N–H and O–H groups in total. The first-order valence-corrected chi connectivity index (χ1v) is 10.6. The molecule has 0 fully saturated rings. The van der Waals surface area contributed by atoms with E-state index in [0.717, 1.165) is 22.5 Å². The van der Waals surface area contributed by atoms with Gasteiger partial charge in [-0.15, -0.1) is 0 Å². The summed E-state index contributed by atoms with van der Waals surface area (Å²) in [5, 5.41) is 0. The topological polar surface area (TPSA) is 66.9 Å². The van der Waals surface area contributed by atoms with Gasteiger partial charge in [0.15, 0.2) is 0 Å². The minimum absolute atomic E-state index is 0.253. The van der Waals surface area contributed by atoms with E-state index >= 15 is 0 Å². The molecule has 0 bridgehead atoms. The van der Waals surface area contributed by atoms with Crippen LogP contribution in [0.25, 0.3) is 0 Å². The van der Waals surface area contributed by atoms with Crippen molar-refractivity contribution < 1.29 is 17.9 Å². The Bertz CT molecular complexity index is 836. The van der Waals surface area contributed by atoms with Crippen LogP contribution in [0.4, 0.5) is 5.69 Å². The van der Waals surface area contributed by atoms with Gasteiger partial charge in [0.25, 0.3) is 0 Å². The van der Waals surface area contributed by atoms with E-state index in [1.54, 1.807) is 31.3 Å². The number of amides is 1. The third-order valence-corrected chi connectivity index (χ3v) is 5.11. The molecule has 146 valence electrons. The first-order chi connectivity index (χ1) is 12.8. The minimum Gasteiger partial charge on any atom is -0.494 e. The Morgan fingerprint density at radius 1 is 1.04 bits per heavy atom. The van der Waals surface area contributed by atoms with Crippen molar-refractivity contribution in [3.05, 3.63) is 60.2 Å². The lowest BCUT2D eigenvalue weighted by Crippen LogP contribution is -2.41. The van der Waals surface area contributed by atoms with Crippen molar-refractivity contribution in [3.63, 3.8) is 0 Å². The normalized spacial score (nSPS) is 11.1. The molecule has 0 saturated heterocycles. The Balaban J connectivity index is 2.11. The Kier molecular flexibility index (Phi) is 7.24. The van der Waals surface area contributed by atoms with Crippen LogP contribution in [0.2, 0.25) is 0 Å². The maximum absolute atomic E-state index is 12.6. The van der Waals surface area contributed by atoms with Crippen LogP contribution < -0.4 is 9.04 Å². The highest BCUT2D eigenvalue weighted by Gasteiger charge is 2.22. The zero-order chi connectivity index (χ0) is 19.9. The molecule has 0 aromatic heterocycles. The van der Waals surface area contributed by atoms with E-state index in [1.807, 2.05) is 37.3 Å². The molecule has 1 amide bonds. The lowest BCUT2D eigenvalue weighted by Gasteiger charge is -2.25. The van der Waals surface area contributed by atoms with Crippen molar-refractivity contribution in [1.82, 2.24) is 4.90 Å². The number of ether oxygens (including phenoxy) is 1. The molecule has 0 saturated carbocycles. The molecule has 0 aliphatic carbocycles. The van der Waals surface area contributed by atoms with Crippen LogP contribution in [-0.2, 0) is 21.4 Å². The van der Waals surface area contributed by atoms with Crippen molar-refractivity contribution in [2.75, 3.05) is 30.8 Å². The summed E-state index contributed by atoms with van der Waals surface area (Å²) in [5.74, 6) is 0.386. The Hall–Kier alpha value is -2.54. The second-order valence-electron chi connectivity index (χ2n) is 6.35. The maximum Gasteiger partial charge on any atom is 0.243 e. The van der Waals surface area contributed by atoms with Crippen LogP contribution in [0.15, 0.2) is 54.6 Å². The van der Waals surface area contributed by atoms with Crippen molar-refractivity contribution >= 4 is 21.6 Å². The SMILES string of the molecule is CCCOc1ccc(N(CC(=O)N(C)Cc2ccccc2)S(C)(=O)=O)cc1. The molecule has 0 aliphatic rings. The summed E-state index contributed by atoms with van der Waals surface area (Å²) in [6, 6.07) is 16.3. The summed E-state index contributed by atoms with van der Waals surface area (Å²) in [6.45, 7) is 2.77. The zero-order valence-corrected chi connectivity index (χ0v) is 16.8. The number of hydrogen-bond donors (Lipinski definition) is 0. The second-order valence-corrected chi connectivity index (χ2v) is 8.25. The molecular weight excluding hydrogens is 364 g/mol. The molecular formula is C20H26N2O4S. The maximum atomic E-state index is 12.6. The highest BCUT2D eigenvalue weighted by molar-refractivity contribution is 7.92. The molecule has 0 spiro atoms. The van der Waals surface area contributed by atoms with E-state index in [4.69, 9.17) is 4.74 Å². The van der Waals surface area contributed by atoms with Crippen LogP contribution in [0.5, 0.6) is 5.75 Å². The predicted molar refractivity (Wildman–Crippen MR) is 107 cm³/mol. The van der Waals surface area contributed by atoms with E-state index in [0.29, 0.717) is 24.6 Å². The number of sulfonamides is 1. The summed E-state index contributed by atoms with van der Waals surface area (Å²) in [7, 11) is -1.94. The fourth-order valence-corrected chi connectivity index (χ4v) is 3.37. The Morgan fingerprint density at radius 3 is 2.22 bits per heavy atom. The van der Waals surface area contributed by atoms with Crippen LogP contribution in [0, 0.1) is 0 Å². The summed E-state index contributed by atoms with van der Waals surface area (Å²) < 4.78 is 31.1. The second kappa shape index (κ2) is 9.41. The summed E-state index contributed by atoms with van der Waals surface area (Å²) in [4.78, 5) is 14.1. The third kappa shape index (κ3) is 6.29. The lowest BCUT2D eigenvalue weighted by molar-refractivity contribution is -0.128. The number of nitrogens with zero attached hydrogens (tertiary/aromatic N) is 2. The van der Waals surface area contributed by atoms with Crippen LogP contribution in [0.3, 0.4) is 0 Å². The molecule has 0 atom stereocenters. The first-order valence-electron chi connectivity index (χ1n) is 8.79. The van der Waals surface area contributed by atoms with Gasteiger partial charge in [-0.3, -0.25) is 9.10 Å². The van der Waals surface area contributed by atoms with Gasteiger partial charge in [-0.25, -0.2) is 8.42 Å². The predicted octanol–water partition coefficient (Wildman–Crippen LogP) is 2.90. The van der Waals surface area contributed by atoms with Gasteiger partial charge in [-0.05, 0) is 36.2 Å². The van der Waals surface area contributed by atoms with Crippen LogP contribution in [0.1, 0.15) is 18.9 Å². The number of carbonyl (C=O) groups excluding carboxylic acids is 1. The number of hydrogen-bond acceptors (Lipinski definition) is 4. The quantitative estimate of drug-likeness (QED) is 0.660. The standard InChI is InChI=1S/C20H26N2O4S/c1-4-14-26-19-12-10-18(11-13-19)22(27(3,24)25)16-20(23)21(2)15-17-8-6-5-7-9-17/h5-13H,4,14-16H2,1-3H3. The average Bonchev–Trinajstić information content (AvgIpc) is 2.64. The fraction of sp³-hybridized carbons (Fsp3) is 0.350. The molecule has 0 unspecified atom stereocenters. The van der Waals surface area contributed by atoms with Gasteiger partial charge >= 0.3 is 0 Å². The largest absolute Gasteiger partial charge is 0.494 e. The van der Waals surface area contributed by atoms with Gasteiger partial charge in [-0.1, -0.05) is 37.3 Å². The van der Waals surface area contributed by atoms with E-state index < -0.39 is 10.0 Å². The van der Waals surface area contributed by atoms with Gasteiger partial charge in [-0.2, -0.15) is 0 Å². The van der Waals surface area contributed by atoms with Crippen LogP contribution in [-0.4, -0.2) is 45.7 Å². The Morgan fingerprint density at radius 2 is 1.67 bits per heavy atom. The molecule has 27 heavy (non-hydrogen) atoms. The smallest absolute Gasteiger partial charge is 0.243 e. The Labute approximate surface area is 161 Å². The van der Waals surface area contributed by atoms with Gasteiger partial charge in [0.05, 0.1) is 18.6 Å². The van der Waals surface area contributed by atoms with E-state index in [9.17, 15) is 13.2 Å². The van der Waals surface area contributed by atoms with Crippen LogP contribution >= 0.6 is 0 Å². The van der Waals surface area contributed by atoms with E-state index in [-0.39, 0.29) is 12.5 Å². The first kappa shape index (κ1) is 20.8. The molecule has 7 heteroatoms. The summed E-state index contributed by atoms with van der Waals surface area (Å²) in [6.07, 6.45) is 1.98. The molecule has 0 aliphatic heterocycles. The van der Waals surface area contributed by atoms with Crippen molar-refractivity contribution in [2.45, 2.75) is 19.9 Å². The highest BCUT2D eigenvalue weighted by Crippen LogP contribution is 2.22.